The van der Waals surface area contributed by atoms with Crippen molar-refractivity contribution in [3.05, 3.63) is 42.2 Å². The van der Waals surface area contributed by atoms with Crippen molar-refractivity contribution in [1.82, 2.24) is 9.97 Å². The van der Waals surface area contributed by atoms with Gasteiger partial charge in [0.15, 0.2) is 0 Å². The van der Waals surface area contributed by atoms with E-state index in [1.54, 1.807) is 0 Å². The zero-order valence-corrected chi connectivity index (χ0v) is 12.5. The maximum absolute atomic E-state index is 4.80. The number of aromatic nitrogens is 2. The molecule has 1 fully saturated rings. The Balaban J connectivity index is 1.98. The second-order valence-corrected chi connectivity index (χ2v) is 6.28. The molecule has 0 amide bonds. The largest absolute Gasteiger partial charge is 0.373 e. The van der Waals surface area contributed by atoms with Crippen LogP contribution in [0.5, 0.6) is 0 Å². The summed E-state index contributed by atoms with van der Waals surface area (Å²) >= 11 is 1.99. The van der Waals surface area contributed by atoms with Crippen molar-refractivity contribution in [2.24, 2.45) is 0 Å². The molecule has 1 aliphatic heterocycles. The number of hydrogen-bond acceptors (Lipinski definition) is 4. The average Bonchev–Trinajstić information content (AvgIpc) is 2.56. The number of anilines is 1. The molecule has 1 saturated heterocycles. The highest BCUT2D eigenvalue weighted by Gasteiger charge is 2.20. The van der Waals surface area contributed by atoms with E-state index in [1.165, 1.54) is 25.0 Å². The lowest BCUT2D eigenvalue weighted by Crippen LogP contribution is -2.09. The third-order valence-electron chi connectivity index (χ3n) is 3.54. The van der Waals surface area contributed by atoms with Gasteiger partial charge in [-0.2, -0.15) is 11.8 Å². The molecular formula is C16H19N3S. The fraction of sp³-hybridized carbons (Fsp3) is 0.375. The van der Waals surface area contributed by atoms with E-state index in [-0.39, 0.29) is 0 Å². The summed E-state index contributed by atoms with van der Waals surface area (Å²) in [6.45, 7) is 0. The lowest BCUT2D eigenvalue weighted by atomic mass is 10.1. The Kier molecular flexibility index (Phi) is 4.21. The Morgan fingerprint density at radius 1 is 1.15 bits per heavy atom. The van der Waals surface area contributed by atoms with Crippen LogP contribution in [-0.2, 0) is 0 Å². The lowest BCUT2D eigenvalue weighted by Gasteiger charge is -2.21. The number of hydrogen-bond donors (Lipinski definition) is 1. The highest BCUT2D eigenvalue weighted by atomic mass is 32.2. The molecule has 4 heteroatoms. The van der Waals surface area contributed by atoms with Gasteiger partial charge in [0.2, 0.25) is 0 Å². The first-order valence-corrected chi connectivity index (χ1v) is 8.15. The molecule has 0 radical (unpaired) electrons. The first kappa shape index (κ1) is 13.4. The van der Waals surface area contributed by atoms with E-state index in [0.717, 1.165) is 22.9 Å². The SMILES string of the molecule is CNc1cc(-c2ccccc2)nc(C2CCCCS2)n1. The minimum Gasteiger partial charge on any atom is -0.373 e. The summed E-state index contributed by atoms with van der Waals surface area (Å²) in [6, 6.07) is 12.3. The molecule has 1 N–H and O–H groups in total. The van der Waals surface area contributed by atoms with Gasteiger partial charge in [0.25, 0.3) is 0 Å². The van der Waals surface area contributed by atoms with E-state index in [1.807, 2.05) is 43.1 Å². The smallest absolute Gasteiger partial charge is 0.144 e. The van der Waals surface area contributed by atoms with Crippen LogP contribution in [0.1, 0.15) is 30.3 Å². The van der Waals surface area contributed by atoms with E-state index in [4.69, 9.17) is 4.98 Å². The number of rotatable bonds is 3. The minimum atomic E-state index is 0.444. The van der Waals surface area contributed by atoms with Gasteiger partial charge in [0, 0.05) is 18.7 Å². The van der Waals surface area contributed by atoms with E-state index in [9.17, 15) is 0 Å². The summed E-state index contributed by atoms with van der Waals surface area (Å²) in [4.78, 5) is 9.46. The van der Waals surface area contributed by atoms with Crippen molar-refractivity contribution in [2.45, 2.75) is 24.5 Å². The summed E-state index contributed by atoms with van der Waals surface area (Å²) in [7, 11) is 1.91. The van der Waals surface area contributed by atoms with Gasteiger partial charge in [-0.25, -0.2) is 9.97 Å². The summed E-state index contributed by atoms with van der Waals surface area (Å²) in [5.74, 6) is 3.10. The van der Waals surface area contributed by atoms with Crippen LogP contribution < -0.4 is 5.32 Å². The molecule has 1 atom stereocenters. The average molecular weight is 285 g/mol. The molecule has 2 heterocycles. The van der Waals surface area contributed by atoms with Gasteiger partial charge >= 0.3 is 0 Å². The molecule has 3 nitrogen and oxygen atoms in total. The minimum absolute atomic E-state index is 0.444. The zero-order valence-electron chi connectivity index (χ0n) is 11.7. The molecule has 0 saturated carbocycles. The predicted octanol–water partition coefficient (Wildman–Crippen LogP) is 4.14. The van der Waals surface area contributed by atoms with Gasteiger partial charge in [-0.1, -0.05) is 36.8 Å². The highest BCUT2D eigenvalue weighted by Crippen LogP contribution is 2.37. The normalized spacial score (nSPS) is 18.8. The van der Waals surface area contributed by atoms with Crippen molar-refractivity contribution in [1.29, 1.82) is 0 Å². The van der Waals surface area contributed by atoms with Gasteiger partial charge in [-0.05, 0) is 18.6 Å². The van der Waals surface area contributed by atoms with Gasteiger partial charge in [0.05, 0.1) is 10.9 Å². The van der Waals surface area contributed by atoms with Crippen molar-refractivity contribution in [2.75, 3.05) is 18.1 Å². The van der Waals surface area contributed by atoms with Crippen LogP contribution in [0.15, 0.2) is 36.4 Å². The van der Waals surface area contributed by atoms with Crippen LogP contribution in [0.25, 0.3) is 11.3 Å². The van der Waals surface area contributed by atoms with Crippen LogP contribution in [0.4, 0.5) is 5.82 Å². The Bertz CT molecular complexity index is 565. The molecule has 104 valence electrons. The van der Waals surface area contributed by atoms with Crippen molar-refractivity contribution >= 4 is 17.6 Å². The first-order chi connectivity index (χ1) is 9.86. The fourth-order valence-electron chi connectivity index (χ4n) is 2.44. The third kappa shape index (κ3) is 2.96. The van der Waals surface area contributed by atoms with Crippen LogP contribution in [0.3, 0.4) is 0 Å². The van der Waals surface area contributed by atoms with Crippen LogP contribution in [0, 0.1) is 0 Å². The van der Waals surface area contributed by atoms with E-state index < -0.39 is 0 Å². The second kappa shape index (κ2) is 6.27. The van der Waals surface area contributed by atoms with Crippen molar-refractivity contribution in [3.8, 4) is 11.3 Å². The van der Waals surface area contributed by atoms with Crippen LogP contribution in [-0.4, -0.2) is 22.8 Å². The summed E-state index contributed by atoms with van der Waals surface area (Å²) in [5.41, 5.74) is 2.15. The maximum atomic E-state index is 4.80. The van der Waals surface area contributed by atoms with E-state index in [2.05, 4.69) is 22.4 Å². The topological polar surface area (TPSA) is 37.8 Å². The molecule has 3 rings (SSSR count). The van der Waals surface area contributed by atoms with E-state index >= 15 is 0 Å². The van der Waals surface area contributed by atoms with Gasteiger partial charge < -0.3 is 5.32 Å². The maximum Gasteiger partial charge on any atom is 0.144 e. The Labute approximate surface area is 124 Å². The quantitative estimate of drug-likeness (QED) is 0.919. The number of nitrogens with zero attached hydrogens (tertiary/aromatic N) is 2. The molecular weight excluding hydrogens is 266 g/mol. The van der Waals surface area contributed by atoms with Gasteiger partial charge in [0.1, 0.15) is 11.6 Å². The van der Waals surface area contributed by atoms with Crippen LogP contribution in [0.2, 0.25) is 0 Å². The molecule has 0 aliphatic carbocycles. The molecule has 0 spiro atoms. The lowest BCUT2D eigenvalue weighted by molar-refractivity contribution is 0.663. The Hall–Kier alpha value is -1.55. The number of benzene rings is 1. The molecule has 1 aliphatic rings. The monoisotopic (exact) mass is 285 g/mol. The zero-order chi connectivity index (χ0) is 13.8. The number of nitrogens with one attached hydrogen (secondary N) is 1. The van der Waals surface area contributed by atoms with E-state index in [0.29, 0.717) is 5.25 Å². The molecule has 1 aromatic heterocycles. The van der Waals surface area contributed by atoms with Gasteiger partial charge in [-0.3, -0.25) is 0 Å². The highest BCUT2D eigenvalue weighted by molar-refractivity contribution is 7.99. The van der Waals surface area contributed by atoms with Crippen molar-refractivity contribution < 1.29 is 0 Å². The first-order valence-electron chi connectivity index (χ1n) is 7.10. The second-order valence-electron chi connectivity index (χ2n) is 4.97. The Morgan fingerprint density at radius 3 is 2.70 bits per heavy atom. The molecule has 0 bridgehead atoms. The summed E-state index contributed by atoms with van der Waals surface area (Å²) < 4.78 is 0. The molecule has 20 heavy (non-hydrogen) atoms. The third-order valence-corrected chi connectivity index (χ3v) is 4.91. The summed E-state index contributed by atoms with van der Waals surface area (Å²) in [6.07, 6.45) is 3.79. The fourth-order valence-corrected chi connectivity index (χ4v) is 3.68. The molecule has 1 unspecified atom stereocenters. The van der Waals surface area contributed by atoms with Gasteiger partial charge in [-0.15, -0.1) is 0 Å². The summed E-state index contributed by atoms with van der Waals surface area (Å²) in [5, 5.41) is 3.60. The predicted molar refractivity (Wildman–Crippen MR) is 86.1 cm³/mol. The molecule has 2 aromatic rings. The number of thioether (sulfide) groups is 1. The Morgan fingerprint density at radius 2 is 2.00 bits per heavy atom. The molecule has 1 aromatic carbocycles. The van der Waals surface area contributed by atoms with Crippen molar-refractivity contribution in [3.63, 3.8) is 0 Å². The standard InChI is InChI=1S/C16H19N3S/c1-17-15-11-13(12-7-3-2-4-8-12)18-16(19-15)14-9-5-6-10-20-14/h2-4,7-8,11,14H,5-6,9-10H2,1H3,(H,17,18,19). The van der Waals surface area contributed by atoms with Crippen LogP contribution >= 0.6 is 11.8 Å².